The molecule has 0 heterocycles. The predicted molar refractivity (Wildman–Crippen MR) is 91.8 cm³/mol. The van der Waals surface area contributed by atoms with E-state index in [0.717, 1.165) is 17.4 Å². The topological polar surface area (TPSA) is 20.2 Å². The lowest BCUT2D eigenvalue weighted by atomic mass is 9.84. The fourth-order valence-corrected chi connectivity index (χ4v) is 4.27. The lowest BCUT2D eigenvalue weighted by Gasteiger charge is -2.20. The Kier molecular flexibility index (Phi) is 3.11. The first-order valence-electron chi connectivity index (χ1n) is 8.25. The summed E-state index contributed by atoms with van der Waals surface area (Å²) in [5, 5.41) is 10.4. The number of aromatic hydroxyl groups is 1. The third-order valence-corrected chi connectivity index (χ3v) is 5.33. The Labute approximate surface area is 132 Å². The molecule has 2 aliphatic rings. The number of aryl methyl sites for hydroxylation is 2. The Bertz CT molecular complexity index is 769. The van der Waals surface area contributed by atoms with Crippen molar-refractivity contribution in [1.82, 2.24) is 0 Å². The first-order valence-corrected chi connectivity index (χ1v) is 8.25. The van der Waals surface area contributed by atoms with Gasteiger partial charge in [-0.15, -0.1) is 0 Å². The van der Waals surface area contributed by atoms with E-state index in [1.807, 2.05) is 12.1 Å². The van der Waals surface area contributed by atoms with Crippen molar-refractivity contribution in [2.75, 3.05) is 0 Å². The molecule has 1 heteroatoms. The van der Waals surface area contributed by atoms with Gasteiger partial charge in [-0.05, 0) is 79.3 Å². The zero-order chi connectivity index (χ0) is 15.3. The quantitative estimate of drug-likeness (QED) is 0.775. The molecule has 2 aromatic rings. The summed E-state index contributed by atoms with van der Waals surface area (Å²) in [7, 11) is 0. The number of fused-ring (bicyclic) bond motifs is 2. The van der Waals surface area contributed by atoms with Gasteiger partial charge in [0.2, 0.25) is 0 Å². The van der Waals surface area contributed by atoms with Crippen LogP contribution in [0.1, 0.15) is 36.0 Å². The molecule has 1 fully saturated rings. The first-order chi connectivity index (χ1) is 10.6. The van der Waals surface area contributed by atoms with Crippen LogP contribution in [0.5, 0.6) is 5.75 Å². The van der Waals surface area contributed by atoms with Gasteiger partial charge in [-0.25, -0.2) is 0 Å². The molecule has 0 saturated heterocycles. The molecule has 0 amide bonds. The van der Waals surface area contributed by atoms with E-state index in [9.17, 15) is 5.11 Å². The van der Waals surface area contributed by atoms with Gasteiger partial charge in [0.1, 0.15) is 5.75 Å². The predicted octanol–water partition coefficient (Wildman–Crippen LogP) is 5.49. The fraction of sp³-hybridized carbons (Fsp3) is 0.333. The average Bonchev–Trinajstić information content (AvgIpc) is 3.12. The maximum atomic E-state index is 10.4. The third kappa shape index (κ3) is 2.08. The van der Waals surface area contributed by atoms with E-state index in [4.69, 9.17) is 0 Å². The largest absolute Gasteiger partial charge is 0.507 e. The van der Waals surface area contributed by atoms with Crippen molar-refractivity contribution in [3.05, 3.63) is 59.2 Å². The number of hydrogen-bond acceptors (Lipinski definition) is 1. The maximum absolute atomic E-state index is 10.4. The highest BCUT2D eigenvalue weighted by molar-refractivity contribution is 5.87. The molecule has 1 N–H and O–H groups in total. The standard InChI is InChI=1S/C21H22O/c1-13-6-9-20(22)19(10-13)17-5-3-4-14(2)21(17)18-12-15-7-8-16(18)11-15/h3-6,9-10,12,15-16,22H,7-8,11H2,1-2H3. The second kappa shape index (κ2) is 5.01. The van der Waals surface area contributed by atoms with Gasteiger partial charge >= 0.3 is 0 Å². The second-order valence-corrected chi connectivity index (χ2v) is 6.91. The highest BCUT2D eigenvalue weighted by Gasteiger charge is 2.34. The van der Waals surface area contributed by atoms with Crippen LogP contribution >= 0.6 is 0 Å². The van der Waals surface area contributed by atoms with Crippen LogP contribution in [-0.2, 0) is 0 Å². The smallest absolute Gasteiger partial charge is 0.123 e. The molecule has 2 unspecified atom stereocenters. The first kappa shape index (κ1) is 13.6. The molecule has 4 rings (SSSR count). The van der Waals surface area contributed by atoms with E-state index in [2.05, 4.69) is 44.2 Å². The van der Waals surface area contributed by atoms with Gasteiger partial charge in [0.05, 0.1) is 0 Å². The van der Waals surface area contributed by atoms with Crippen LogP contribution in [0.25, 0.3) is 16.7 Å². The van der Waals surface area contributed by atoms with E-state index >= 15 is 0 Å². The van der Waals surface area contributed by atoms with Crippen LogP contribution in [0.3, 0.4) is 0 Å². The van der Waals surface area contributed by atoms with Crippen LogP contribution in [-0.4, -0.2) is 5.11 Å². The summed E-state index contributed by atoms with van der Waals surface area (Å²) in [5.41, 5.74) is 7.52. The normalized spacial score (nSPS) is 22.9. The molecule has 0 aromatic heterocycles. The van der Waals surface area contributed by atoms with Gasteiger partial charge in [0, 0.05) is 5.56 Å². The number of rotatable bonds is 2. The van der Waals surface area contributed by atoms with Gasteiger partial charge in [-0.1, -0.05) is 35.9 Å². The van der Waals surface area contributed by atoms with Crippen molar-refractivity contribution in [2.45, 2.75) is 33.1 Å². The Morgan fingerprint density at radius 3 is 2.59 bits per heavy atom. The minimum Gasteiger partial charge on any atom is -0.507 e. The number of benzene rings is 2. The highest BCUT2D eigenvalue weighted by Crippen LogP contribution is 2.50. The molecule has 1 nitrogen and oxygen atoms in total. The zero-order valence-corrected chi connectivity index (χ0v) is 13.3. The van der Waals surface area contributed by atoms with Crippen molar-refractivity contribution >= 4 is 5.57 Å². The van der Waals surface area contributed by atoms with E-state index in [1.165, 1.54) is 47.1 Å². The Morgan fingerprint density at radius 2 is 1.86 bits per heavy atom. The lowest BCUT2D eigenvalue weighted by molar-refractivity contribution is 0.477. The van der Waals surface area contributed by atoms with Gasteiger partial charge < -0.3 is 5.11 Å². The van der Waals surface area contributed by atoms with Crippen molar-refractivity contribution in [3.63, 3.8) is 0 Å². The number of hydrogen-bond donors (Lipinski definition) is 1. The van der Waals surface area contributed by atoms with Crippen LogP contribution in [0.15, 0.2) is 42.5 Å². The molecule has 22 heavy (non-hydrogen) atoms. The van der Waals surface area contributed by atoms with Crippen LogP contribution in [0.2, 0.25) is 0 Å². The number of allylic oxidation sites excluding steroid dienone is 2. The van der Waals surface area contributed by atoms with Crippen molar-refractivity contribution < 1.29 is 5.11 Å². The molecular formula is C21H22O. The summed E-state index contributed by atoms with van der Waals surface area (Å²) in [4.78, 5) is 0. The van der Waals surface area contributed by atoms with Crippen molar-refractivity contribution in [2.24, 2.45) is 11.8 Å². The van der Waals surface area contributed by atoms with E-state index in [-0.39, 0.29) is 0 Å². The summed E-state index contributed by atoms with van der Waals surface area (Å²) >= 11 is 0. The molecule has 2 atom stereocenters. The summed E-state index contributed by atoms with van der Waals surface area (Å²) in [5.74, 6) is 1.87. The minimum absolute atomic E-state index is 0.376. The Balaban J connectivity index is 1.93. The molecule has 0 spiro atoms. The van der Waals surface area contributed by atoms with Crippen LogP contribution < -0.4 is 0 Å². The monoisotopic (exact) mass is 290 g/mol. The van der Waals surface area contributed by atoms with Gasteiger partial charge in [-0.3, -0.25) is 0 Å². The van der Waals surface area contributed by atoms with E-state index < -0.39 is 0 Å². The maximum Gasteiger partial charge on any atom is 0.123 e. The molecule has 2 aromatic carbocycles. The molecule has 1 saturated carbocycles. The van der Waals surface area contributed by atoms with Crippen molar-refractivity contribution in [3.8, 4) is 16.9 Å². The Morgan fingerprint density at radius 1 is 1.00 bits per heavy atom. The van der Waals surface area contributed by atoms with E-state index in [0.29, 0.717) is 5.75 Å². The molecule has 0 aliphatic heterocycles. The second-order valence-electron chi connectivity index (χ2n) is 6.91. The summed E-state index contributed by atoms with van der Waals surface area (Å²) in [6.45, 7) is 4.27. The molecular weight excluding hydrogens is 268 g/mol. The number of phenolic OH excluding ortho intramolecular Hbond substituents is 1. The minimum atomic E-state index is 0.376. The van der Waals surface area contributed by atoms with Crippen molar-refractivity contribution in [1.29, 1.82) is 0 Å². The van der Waals surface area contributed by atoms with Gasteiger partial charge in [-0.2, -0.15) is 0 Å². The van der Waals surface area contributed by atoms with Crippen LogP contribution in [0, 0.1) is 25.7 Å². The summed E-state index contributed by atoms with van der Waals surface area (Å²) in [6, 6.07) is 12.3. The summed E-state index contributed by atoms with van der Waals surface area (Å²) in [6.07, 6.45) is 6.49. The van der Waals surface area contributed by atoms with Gasteiger partial charge in [0.25, 0.3) is 0 Å². The molecule has 112 valence electrons. The zero-order valence-electron chi connectivity index (χ0n) is 13.3. The molecule has 2 bridgehead atoms. The number of phenols is 1. The highest BCUT2D eigenvalue weighted by atomic mass is 16.3. The average molecular weight is 290 g/mol. The van der Waals surface area contributed by atoms with E-state index in [1.54, 1.807) is 0 Å². The SMILES string of the molecule is Cc1ccc(O)c(-c2cccc(C)c2C2=CC3CCC2C3)c1. The molecule has 0 radical (unpaired) electrons. The molecule has 2 aliphatic carbocycles. The lowest BCUT2D eigenvalue weighted by Crippen LogP contribution is -2.01. The van der Waals surface area contributed by atoms with Gasteiger partial charge in [0.15, 0.2) is 0 Å². The Hall–Kier alpha value is -2.02. The van der Waals surface area contributed by atoms with Crippen LogP contribution in [0.4, 0.5) is 0 Å². The summed E-state index contributed by atoms with van der Waals surface area (Å²) < 4.78 is 0. The fourth-order valence-electron chi connectivity index (χ4n) is 4.27. The third-order valence-electron chi connectivity index (χ3n) is 5.33.